The average Bonchev–Trinajstić information content (AvgIpc) is 3.06. The van der Waals surface area contributed by atoms with Crippen LogP contribution in [0, 0.1) is 19.1 Å². The van der Waals surface area contributed by atoms with Crippen molar-refractivity contribution in [2.24, 2.45) is 0 Å². The molecule has 0 amide bonds. The number of hydrogen-bond donors (Lipinski definition) is 0. The van der Waals surface area contributed by atoms with Crippen LogP contribution >= 0.6 is 0 Å². The molecule has 0 aliphatic rings. The van der Waals surface area contributed by atoms with Gasteiger partial charge >= 0.3 is 0 Å². The van der Waals surface area contributed by atoms with Crippen molar-refractivity contribution in [1.82, 2.24) is 9.97 Å². The first kappa shape index (κ1) is 33.9. The standard InChI is InChI=1S/C21H22NSi.C20H18N.Ir/c1-16-10-12-18(13-11-16)20-14-19(17-8-6-5-7-9-17)21(15-22-20)23(2,3)4;1-20(2,17-11-7-4-8-12-17)18-13-14-21-19(15-18)16-9-5-3-6-10-16;/h5-12,14-15H,1-4H3;3-9,11-15H,1-2H3;/q2*-1;. The smallest absolute Gasteiger partial charge is 0.0803 e. The fourth-order valence-corrected chi connectivity index (χ4v) is 6.74. The largest absolute Gasteiger partial charge is 0.305 e. The van der Waals surface area contributed by atoms with E-state index in [2.05, 4.69) is 155 Å². The molecule has 2 nitrogen and oxygen atoms in total. The Labute approximate surface area is 284 Å². The number of hydrogen-bond acceptors (Lipinski definition) is 2. The molecule has 45 heavy (non-hydrogen) atoms. The molecule has 0 fully saturated rings. The predicted molar refractivity (Wildman–Crippen MR) is 189 cm³/mol. The van der Waals surface area contributed by atoms with E-state index in [1.165, 1.54) is 33.0 Å². The second-order valence-corrected chi connectivity index (χ2v) is 17.7. The second-order valence-electron chi connectivity index (χ2n) is 12.7. The molecular formula is C41H40IrN2Si-2. The Balaban J connectivity index is 0.000000201. The van der Waals surface area contributed by atoms with E-state index in [0.29, 0.717) is 0 Å². The summed E-state index contributed by atoms with van der Waals surface area (Å²) >= 11 is 0. The van der Waals surface area contributed by atoms with Crippen LogP contribution in [0.5, 0.6) is 0 Å². The van der Waals surface area contributed by atoms with E-state index in [1.54, 1.807) is 0 Å². The Morgan fingerprint density at radius 3 is 1.91 bits per heavy atom. The number of nitrogens with zero attached hydrogens (tertiary/aromatic N) is 2. The van der Waals surface area contributed by atoms with E-state index < -0.39 is 8.07 Å². The summed E-state index contributed by atoms with van der Waals surface area (Å²) in [6.07, 6.45) is 3.97. The maximum absolute atomic E-state index is 4.73. The van der Waals surface area contributed by atoms with Gasteiger partial charge in [0.15, 0.2) is 0 Å². The van der Waals surface area contributed by atoms with E-state index in [4.69, 9.17) is 4.98 Å². The summed E-state index contributed by atoms with van der Waals surface area (Å²) in [4.78, 5) is 9.22. The molecule has 0 aliphatic heterocycles. The third-order valence-electron chi connectivity index (χ3n) is 8.00. The maximum atomic E-state index is 4.73. The van der Waals surface area contributed by atoms with Crippen molar-refractivity contribution in [3.05, 3.63) is 163 Å². The average molecular weight is 781 g/mol. The van der Waals surface area contributed by atoms with Crippen molar-refractivity contribution >= 4 is 13.3 Å². The van der Waals surface area contributed by atoms with Crippen LogP contribution in [-0.2, 0) is 25.5 Å². The van der Waals surface area contributed by atoms with Gasteiger partial charge in [-0.15, -0.1) is 71.3 Å². The number of pyridine rings is 2. The minimum absolute atomic E-state index is 0. The molecule has 0 saturated carbocycles. The number of rotatable bonds is 6. The molecule has 4 heteroatoms. The zero-order valence-electron chi connectivity index (χ0n) is 26.9. The van der Waals surface area contributed by atoms with Gasteiger partial charge in [-0.05, 0) is 44.9 Å². The van der Waals surface area contributed by atoms with Gasteiger partial charge in [0.2, 0.25) is 0 Å². The molecule has 0 spiro atoms. The minimum Gasteiger partial charge on any atom is -0.305 e. The van der Waals surface area contributed by atoms with Crippen LogP contribution in [0.1, 0.15) is 30.5 Å². The van der Waals surface area contributed by atoms with Gasteiger partial charge in [0.1, 0.15) is 0 Å². The van der Waals surface area contributed by atoms with Gasteiger partial charge in [0.05, 0.1) is 8.07 Å². The Morgan fingerprint density at radius 1 is 0.644 bits per heavy atom. The first-order valence-electron chi connectivity index (χ1n) is 15.2. The summed E-state index contributed by atoms with van der Waals surface area (Å²) in [6, 6.07) is 48.5. The van der Waals surface area contributed by atoms with Crippen molar-refractivity contribution in [1.29, 1.82) is 0 Å². The minimum atomic E-state index is -1.47. The topological polar surface area (TPSA) is 25.8 Å². The van der Waals surface area contributed by atoms with E-state index >= 15 is 0 Å². The van der Waals surface area contributed by atoms with E-state index in [0.717, 1.165) is 22.5 Å². The zero-order valence-corrected chi connectivity index (χ0v) is 30.3. The number of benzene rings is 4. The van der Waals surface area contributed by atoms with Gasteiger partial charge in [0.25, 0.3) is 0 Å². The molecule has 6 rings (SSSR count). The second kappa shape index (κ2) is 14.9. The number of aromatic nitrogens is 2. The van der Waals surface area contributed by atoms with Gasteiger partial charge in [-0.1, -0.05) is 113 Å². The van der Waals surface area contributed by atoms with E-state index in [9.17, 15) is 0 Å². The van der Waals surface area contributed by atoms with Gasteiger partial charge < -0.3 is 9.97 Å². The van der Waals surface area contributed by atoms with Crippen LogP contribution in [0.2, 0.25) is 19.6 Å². The summed E-state index contributed by atoms with van der Waals surface area (Å²) in [5.41, 5.74) is 10.4. The first-order valence-corrected chi connectivity index (χ1v) is 18.7. The van der Waals surface area contributed by atoms with Crippen LogP contribution in [0.15, 0.2) is 134 Å². The van der Waals surface area contributed by atoms with E-state index in [-0.39, 0.29) is 25.5 Å². The fraction of sp³-hybridized carbons (Fsp3) is 0.171. The molecule has 1 radical (unpaired) electrons. The Kier molecular flexibility index (Phi) is 11.2. The van der Waals surface area contributed by atoms with Crippen molar-refractivity contribution in [3.63, 3.8) is 0 Å². The maximum Gasteiger partial charge on any atom is 0.0803 e. The van der Waals surface area contributed by atoms with Crippen molar-refractivity contribution < 1.29 is 20.1 Å². The molecule has 0 atom stereocenters. The van der Waals surface area contributed by atoms with Gasteiger partial charge in [-0.25, -0.2) is 0 Å². The van der Waals surface area contributed by atoms with E-state index in [1.807, 2.05) is 36.5 Å². The molecule has 2 aromatic heterocycles. The summed E-state index contributed by atoms with van der Waals surface area (Å²) in [7, 11) is -1.47. The molecule has 0 aliphatic carbocycles. The SMILES string of the molecule is CC(C)(c1ccccc1)c1ccnc(-c2[c-]cccc2)c1.Cc1c[c-]c(-c2cc(-c3ccccc3)c([Si](C)(C)C)cn2)cc1.[Ir]. The Hall–Kier alpha value is -3.95. The molecule has 229 valence electrons. The number of aryl methyl sites for hydroxylation is 1. The monoisotopic (exact) mass is 781 g/mol. The Morgan fingerprint density at radius 2 is 1.29 bits per heavy atom. The molecule has 2 heterocycles. The molecule has 0 saturated heterocycles. The molecule has 4 aromatic carbocycles. The van der Waals surface area contributed by atoms with Crippen LogP contribution in [-0.4, -0.2) is 18.0 Å². The third-order valence-corrected chi connectivity index (χ3v) is 10.0. The quantitative estimate of drug-likeness (QED) is 0.124. The van der Waals surface area contributed by atoms with Crippen LogP contribution in [0.25, 0.3) is 33.6 Å². The van der Waals surface area contributed by atoms with Crippen LogP contribution < -0.4 is 5.19 Å². The first-order chi connectivity index (χ1) is 21.1. The van der Waals surface area contributed by atoms with Gasteiger partial charge in [-0.2, -0.15) is 0 Å². The Bertz CT molecular complexity index is 1800. The molecule has 0 bridgehead atoms. The van der Waals surface area contributed by atoms with Gasteiger partial charge in [0, 0.05) is 37.9 Å². The van der Waals surface area contributed by atoms with Crippen LogP contribution in [0.3, 0.4) is 0 Å². The summed E-state index contributed by atoms with van der Waals surface area (Å²) < 4.78 is 0. The van der Waals surface area contributed by atoms with Crippen molar-refractivity contribution in [3.8, 4) is 33.6 Å². The third kappa shape index (κ3) is 8.41. The summed E-state index contributed by atoms with van der Waals surface area (Å²) in [6.45, 7) is 13.7. The molecule has 0 N–H and O–H groups in total. The van der Waals surface area contributed by atoms with Crippen molar-refractivity contribution in [2.75, 3.05) is 0 Å². The van der Waals surface area contributed by atoms with Gasteiger partial charge in [-0.3, -0.25) is 0 Å². The zero-order chi connectivity index (χ0) is 31.2. The summed E-state index contributed by atoms with van der Waals surface area (Å²) in [5, 5.41) is 1.40. The predicted octanol–water partition coefficient (Wildman–Crippen LogP) is 9.94. The van der Waals surface area contributed by atoms with Crippen LogP contribution in [0.4, 0.5) is 0 Å². The molecule has 0 unspecified atom stereocenters. The molecular weight excluding hydrogens is 741 g/mol. The molecule has 6 aromatic rings. The summed E-state index contributed by atoms with van der Waals surface area (Å²) in [5.74, 6) is 0. The fourth-order valence-electron chi connectivity index (χ4n) is 5.26. The normalized spacial score (nSPS) is 11.2. The van der Waals surface area contributed by atoms with Crippen molar-refractivity contribution in [2.45, 2.75) is 45.8 Å².